The Labute approximate surface area is 136 Å². The number of amides is 1. The molecule has 4 nitrogen and oxygen atoms in total. The Balaban J connectivity index is 1.87. The first-order valence-corrected chi connectivity index (χ1v) is 8.50. The third-order valence-corrected chi connectivity index (χ3v) is 5.28. The van der Waals surface area contributed by atoms with Crippen LogP contribution in [0, 0.1) is 5.92 Å². The zero-order valence-corrected chi connectivity index (χ0v) is 13.6. The molecule has 0 spiro atoms. The van der Waals surface area contributed by atoms with Crippen LogP contribution < -0.4 is 5.73 Å². The van der Waals surface area contributed by atoms with E-state index in [9.17, 15) is 9.18 Å². The first kappa shape index (κ1) is 16.2. The molecule has 1 aromatic rings. The van der Waals surface area contributed by atoms with Crippen LogP contribution in [0.15, 0.2) is 18.2 Å². The minimum absolute atomic E-state index is 0.0275. The molecule has 1 saturated heterocycles. The second kappa shape index (κ2) is 6.87. The summed E-state index contributed by atoms with van der Waals surface area (Å²) in [5.74, 6) is 0.0275. The first-order chi connectivity index (χ1) is 11.1. The molecule has 0 bridgehead atoms. The van der Waals surface area contributed by atoms with Crippen molar-refractivity contribution in [2.45, 2.75) is 44.8 Å². The highest BCUT2D eigenvalue weighted by atomic mass is 18.2. The summed E-state index contributed by atoms with van der Waals surface area (Å²) < 4.78 is 18.2. The number of carbonyl (C=O) groups excluding carboxylic acids is 1. The number of benzene rings is 1. The van der Waals surface area contributed by atoms with Crippen LogP contribution in [0.1, 0.15) is 42.5 Å². The van der Waals surface area contributed by atoms with Gasteiger partial charge in [-0.1, -0.05) is 25.1 Å². The van der Waals surface area contributed by atoms with E-state index in [2.05, 4.69) is 30.0 Å². The van der Waals surface area contributed by atoms with Gasteiger partial charge in [-0.3, -0.25) is 9.29 Å². The summed E-state index contributed by atoms with van der Waals surface area (Å²) in [5.41, 5.74) is 9.26. The molecule has 1 aromatic carbocycles. The van der Waals surface area contributed by atoms with Crippen molar-refractivity contribution < 1.29 is 13.9 Å². The Morgan fingerprint density at radius 1 is 1.48 bits per heavy atom. The van der Waals surface area contributed by atoms with Crippen LogP contribution in [0.2, 0.25) is 0 Å². The van der Waals surface area contributed by atoms with Crippen LogP contribution in [0.3, 0.4) is 0 Å². The summed E-state index contributed by atoms with van der Waals surface area (Å²) in [6.07, 6.45) is 2.11. The SMILES string of the molecule is CCc1ccc2c(c1)[C@H]1C[C@@H](OC(N)=O)[C@H](CC[18F])CN1CC2. The first-order valence-electron chi connectivity index (χ1n) is 8.50. The Kier molecular flexibility index (Phi) is 4.85. The van der Waals surface area contributed by atoms with Crippen molar-refractivity contribution in [1.29, 1.82) is 0 Å². The van der Waals surface area contributed by atoms with Gasteiger partial charge in [0.2, 0.25) is 0 Å². The van der Waals surface area contributed by atoms with Gasteiger partial charge in [0.05, 0.1) is 6.67 Å². The number of primary amides is 1. The average molecular weight is 319 g/mol. The van der Waals surface area contributed by atoms with Gasteiger partial charge >= 0.3 is 6.09 Å². The van der Waals surface area contributed by atoms with Gasteiger partial charge in [0, 0.05) is 31.5 Å². The van der Waals surface area contributed by atoms with E-state index in [1.165, 1.54) is 16.7 Å². The Hall–Kier alpha value is -1.62. The average Bonchev–Trinajstić information content (AvgIpc) is 2.54. The van der Waals surface area contributed by atoms with E-state index in [4.69, 9.17) is 10.5 Å². The number of nitrogens with two attached hydrogens (primary N) is 1. The lowest BCUT2D eigenvalue weighted by Gasteiger charge is -2.46. The number of hydrogen-bond acceptors (Lipinski definition) is 3. The zero-order chi connectivity index (χ0) is 16.4. The number of rotatable bonds is 4. The molecular weight excluding hydrogens is 294 g/mol. The summed E-state index contributed by atoms with van der Waals surface area (Å²) in [7, 11) is 0. The van der Waals surface area contributed by atoms with Crippen LogP contribution in [-0.4, -0.2) is 36.9 Å². The molecule has 126 valence electrons. The molecule has 3 rings (SSSR count). The van der Waals surface area contributed by atoms with Crippen molar-refractivity contribution in [1.82, 2.24) is 4.90 Å². The molecule has 0 saturated carbocycles. The van der Waals surface area contributed by atoms with E-state index in [1.54, 1.807) is 0 Å². The molecule has 2 aliphatic rings. The normalized spacial score (nSPS) is 27.1. The van der Waals surface area contributed by atoms with Crippen molar-refractivity contribution in [3.8, 4) is 0 Å². The number of alkyl halides is 1. The molecule has 5 heteroatoms. The molecule has 0 unspecified atom stereocenters. The summed E-state index contributed by atoms with van der Waals surface area (Å²) in [4.78, 5) is 13.6. The van der Waals surface area contributed by atoms with E-state index in [1.807, 2.05) is 0 Å². The predicted molar refractivity (Wildman–Crippen MR) is 87.0 cm³/mol. The van der Waals surface area contributed by atoms with E-state index in [-0.39, 0.29) is 18.1 Å². The van der Waals surface area contributed by atoms with Crippen LogP contribution in [0.25, 0.3) is 0 Å². The number of carbonyl (C=O) groups is 1. The molecule has 23 heavy (non-hydrogen) atoms. The van der Waals surface area contributed by atoms with Gasteiger partial charge in [-0.2, -0.15) is 0 Å². The maximum absolute atomic E-state index is 12.9. The third-order valence-electron chi connectivity index (χ3n) is 5.28. The van der Waals surface area contributed by atoms with Crippen LogP contribution in [0.4, 0.5) is 9.18 Å². The second-order valence-corrected chi connectivity index (χ2v) is 6.60. The third kappa shape index (κ3) is 3.34. The van der Waals surface area contributed by atoms with Crippen molar-refractivity contribution >= 4 is 6.09 Å². The molecule has 0 aliphatic carbocycles. The second-order valence-electron chi connectivity index (χ2n) is 6.60. The predicted octanol–water partition coefficient (Wildman–Crippen LogP) is 2.99. The lowest BCUT2D eigenvalue weighted by molar-refractivity contribution is -0.0245. The van der Waals surface area contributed by atoms with Gasteiger partial charge in [0.15, 0.2) is 0 Å². The van der Waals surface area contributed by atoms with Crippen LogP contribution in [-0.2, 0) is 17.6 Å². The van der Waals surface area contributed by atoms with E-state index < -0.39 is 12.8 Å². The Morgan fingerprint density at radius 2 is 2.30 bits per heavy atom. The molecule has 0 radical (unpaired) electrons. The zero-order valence-electron chi connectivity index (χ0n) is 13.6. The number of fused-ring (bicyclic) bond motifs is 3. The largest absolute Gasteiger partial charge is 0.446 e. The fourth-order valence-corrected chi connectivity index (χ4v) is 4.06. The van der Waals surface area contributed by atoms with Crippen molar-refractivity contribution in [3.05, 3.63) is 34.9 Å². The van der Waals surface area contributed by atoms with E-state index >= 15 is 0 Å². The van der Waals surface area contributed by atoms with Gasteiger partial charge in [-0.15, -0.1) is 0 Å². The maximum Gasteiger partial charge on any atom is 0.404 e. The number of hydrogen-bond donors (Lipinski definition) is 1. The minimum atomic E-state index is -0.759. The monoisotopic (exact) mass is 319 g/mol. The van der Waals surface area contributed by atoms with Crippen molar-refractivity contribution in [2.75, 3.05) is 19.8 Å². The topological polar surface area (TPSA) is 55.6 Å². The number of halogens is 1. The fourth-order valence-electron chi connectivity index (χ4n) is 4.06. The highest BCUT2D eigenvalue weighted by molar-refractivity contribution is 5.64. The summed E-state index contributed by atoms with van der Waals surface area (Å²) in [6.45, 7) is 3.51. The summed E-state index contributed by atoms with van der Waals surface area (Å²) >= 11 is 0. The van der Waals surface area contributed by atoms with Gasteiger partial charge in [0.25, 0.3) is 0 Å². The Morgan fingerprint density at radius 3 is 3.00 bits per heavy atom. The van der Waals surface area contributed by atoms with Crippen LogP contribution in [0.5, 0.6) is 0 Å². The number of ether oxygens (including phenoxy) is 1. The summed E-state index contributed by atoms with van der Waals surface area (Å²) in [5, 5.41) is 0. The standard InChI is InChI=1S/C18H25FN2O2/c1-2-12-3-4-13-6-8-21-11-14(5-7-19)17(23-18(20)22)10-16(21)15(13)9-12/h3-4,9,14,16-17H,2,5-8,10-11H2,1H3,(H2,20,22)/t14-,16-,17-/m1/s1/i19-1. The molecule has 1 amide bonds. The molecular formula is C18H25FN2O2. The van der Waals surface area contributed by atoms with E-state index in [0.717, 1.165) is 25.9 Å². The molecule has 1 fully saturated rings. The smallest absolute Gasteiger partial charge is 0.404 e. The van der Waals surface area contributed by atoms with Gasteiger partial charge < -0.3 is 10.5 Å². The van der Waals surface area contributed by atoms with Gasteiger partial charge in [-0.25, -0.2) is 4.79 Å². The quantitative estimate of drug-likeness (QED) is 0.928. The van der Waals surface area contributed by atoms with Crippen molar-refractivity contribution in [3.63, 3.8) is 0 Å². The lowest BCUT2D eigenvalue weighted by Crippen LogP contribution is -2.49. The van der Waals surface area contributed by atoms with Crippen LogP contribution >= 0.6 is 0 Å². The number of piperidine rings is 1. The highest BCUT2D eigenvalue weighted by Gasteiger charge is 2.40. The van der Waals surface area contributed by atoms with Gasteiger partial charge in [-0.05, 0) is 36.0 Å². The van der Waals surface area contributed by atoms with Gasteiger partial charge in [0.1, 0.15) is 6.10 Å². The number of nitrogens with zero attached hydrogens (tertiary/aromatic N) is 1. The molecule has 2 N–H and O–H groups in total. The molecule has 2 heterocycles. The lowest BCUT2D eigenvalue weighted by atomic mass is 9.80. The number of aryl methyl sites for hydroxylation is 1. The Bertz CT molecular complexity index is 578. The molecule has 2 aliphatic heterocycles. The molecule has 3 atom stereocenters. The highest BCUT2D eigenvalue weighted by Crippen LogP contribution is 2.40. The fraction of sp³-hybridized carbons (Fsp3) is 0.611. The van der Waals surface area contributed by atoms with Crippen molar-refractivity contribution in [2.24, 2.45) is 11.7 Å². The summed E-state index contributed by atoms with van der Waals surface area (Å²) in [6, 6.07) is 6.94. The molecule has 0 aromatic heterocycles. The minimum Gasteiger partial charge on any atom is -0.446 e. The van der Waals surface area contributed by atoms with E-state index in [0.29, 0.717) is 12.8 Å². The maximum atomic E-state index is 12.9.